The van der Waals surface area contributed by atoms with E-state index in [1.807, 2.05) is 43.3 Å². The van der Waals surface area contributed by atoms with Crippen molar-refractivity contribution in [1.29, 1.82) is 0 Å². The van der Waals surface area contributed by atoms with E-state index < -0.39 is 6.04 Å². The van der Waals surface area contributed by atoms with Crippen molar-refractivity contribution in [2.75, 3.05) is 10.2 Å². The highest BCUT2D eigenvalue weighted by Gasteiger charge is 2.40. The molecule has 4 nitrogen and oxygen atoms in total. The summed E-state index contributed by atoms with van der Waals surface area (Å²) in [6.07, 6.45) is 1.13. The van der Waals surface area contributed by atoms with Crippen molar-refractivity contribution in [3.05, 3.63) is 58.1 Å². The maximum Gasteiger partial charge on any atom is 0.256 e. The first-order chi connectivity index (χ1) is 11.5. The number of carbonyl (C=O) groups excluding carboxylic acids is 2. The molecule has 1 aliphatic heterocycles. The third kappa shape index (κ3) is 3.22. The van der Waals surface area contributed by atoms with Gasteiger partial charge in [0.1, 0.15) is 6.04 Å². The summed E-state index contributed by atoms with van der Waals surface area (Å²) in [5.41, 5.74) is 3.75. The summed E-state index contributed by atoms with van der Waals surface area (Å²) in [6.45, 7) is 4.06. The third-order valence-electron chi connectivity index (χ3n) is 4.19. The van der Waals surface area contributed by atoms with Crippen LogP contribution >= 0.6 is 15.9 Å². The molecule has 1 atom stereocenters. The molecule has 2 aromatic rings. The molecular weight excluding hydrogens is 368 g/mol. The van der Waals surface area contributed by atoms with Crippen molar-refractivity contribution in [2.45, 2.75) is 32.7 Å². The van der Waals surface area contributed by atoms with Gasteiger partial charge < -0.3 is 5.32 Å². The van der Waals surface area contributed by atoms with Crippen LogP contribution in [0.25, 0.3) is 0 Å². The topological polar surface area (TPSA) is 49.4 Å². The molecule has 0 bridgehead atoms. The second-order valence-corrected chi connectivity index (χ2v) is 6.83. The molecule has 5 heteroatoms. The van der Waals surface area contributed by atoms with Crippen molar-refractivity contribution in [1.82, 2.24) is 0 Å². The first-order valence-electron chi connectivity index (χ1n) is 7.98. The van der Waals surface area contributed by atoms with Gasteiger partial charge in [0.15, 0.2) is 0 Å². The number of nitrogens with zero attached hydrogens (tertiary/aromatic N) is 1. The average molecular weight is 387 g/mol. The van der Waals surface area contributed by atoms with Gasteiger partial charge in [-0.05, 0) is 64.7 Å². The van der Waals surface area contributed by atoms with Crippen LogP contribution < -0.4 is 10.2 Å². The van der Waals surface area contributed by atoms with Crippen molar-refractivity contribution in [3.63, 3.8) is 0 Å². The molecule has 1 heterocycles. The van der Waals surface area contributed by atoms with Crippen molar-refractivity contribution in [3.8, 4) is 0 Å². The SMILES string of the molecule is CCc1ccc(N[C@@H]2CC(=O)N(c3ccc(C)cc3Br)C2=O)cc1. The minimum absolute atomic E-state index is 0.161. The number of anilines is 2. The Morgan fingerprint density at radius 2 is 1.88 bits per heavy atom. The number of halogens is 1. The summed E-state index contributed by atoms with van der Waals surface area (Å²) >= 11 is 3.45. The maximum absolute atomic E-state index is 12.7. The maximum atomic E-state index is 12.7. The van der Waals surface area contributed by atoms with E-state index in [1.54, 1.807) is 6.07 Å². The van der Waals surface area contributed by atoms with Crippen LogP contribution in [0.4, 0.5) is 11.4 Å². The minimum atomic E-state index is -0.529. The predicted molar refractivity (Wildman–Crippen MR) is 99.2 cm³/mol. The standard InChI is InChI=1S/C19H19BrN2O2/c1-3-13-5-7-14(8-6-13)21-16-11-18(23)22(19(16)24)17-9-4-12(2)10-15(17)20/h4-10,16,21H,3,11H2,1-2H3/t16-/m1/s1. The molecule has 0 radical (unpaired) electrons. The minimum Gasteiger partial charge on any atom is -0.373 e. The summed E-state index contributed by atoms with van der Waals surface area (Å²) in [5, 5.41) is 3.18. The van der Waals surface area contributed by atoms with Crippen LogP contribution in [0, 0.1) is 6.92 Å². The van der Waals surface area contributed by atoms with Gasteiger partial charge in [-0.3, -0.25) is 9.59 Å². The summed E-state index contributed by atoms with van der Waals surface area (Å²) in [5.74, 6) is -0.406. The molecule has 0 aliphatic carbocycles. The number of carbonyl (C=O) groups is 2. The molecule has 0 saturated carbocycles. The molecule has 1 aliphatic rings. The Labute approximate surface area is 150 Å². The Morgan fingerprint density at radius 3 is 2.50 bits per heavy atom. The van der Waals surface area contributed by atoms with E-state index in [-0.39, 0.29) is 18.2 Å². The molecule has 1 N–H and O–H groups in total. The number of hydrogen-bond donors (Lipinski definition) is 1. The molecule has 3 rings (SSSR count). The molecule has 0 spiro atoms. The second kappa shape index (κ2) is 6.77. The van der Waals surface area contributed by atoms with Gasteiger partial charge in [0.05, 0.1) is 12.1 Å². The summed E-state index contributed by atoms with van der Waals surface area (Å²) in [6, 6.07) is 13.0. The summed E-state index contributed by atoms with van der Waals surface area (Å²) in [4.78, 5) is 26.3. The smallest absolute Gasteiger partial charge is 0.256 e. The first kappa shape index (κ1) is 16.7. The lowest BCUT2D eigenvalue weighted by molar-refractivity contribution is -0.121. The highest BCUT2D eigenvalue weighted by Crippen LogP contribution is 2.32. The molecule has 0 unspecified atom stereocenters. The van der Waals surface area contributed by atoms with Crippen molar-refractivity contribution in [2.24, 2.45) is 0 Å². The van der Waals surface area contributed by atoms with Crippen molar-refractivity contribution < 1.29 is 9.59 Å². The van der Waals surface area contributed by atoms with Crippen LogP contribution in [0.3, 0.4) is 0 Å². The summed E-state index contributed by atoms with van der Waals surface area (Å²) in [7, 11) is 0. The van der Waals surface area contributed by atoms with Gasteiger partial charge in [-0.2, -0.15) is 0 Å². The quantitative estimate of drug-likeness (QED) is 0.805. The van der Waals surface area contributed by atoms with E-state index in [4.69, 9.17) is 0 Å². The highest BCUT2D eigenvalue weighted by molar-refractivity contribution is 9.10. The monoisotopic (exact) mass is 386 g/mol. The van der Waals surface area contributed by atoms with E-state index in [0.29, 0.717) is 5.69 Å². The molecule has 1 saturated heterocycles. The number of amides is 2. The van der Waals surface area contributed by atoms with Crippen LogP contribution in [0.1, 0.15) is 24.5 Å². The zero-order valence-electron chi connectivity index (χ0n) is 13.7. The number of benzene rings is 2. The fourth-order valence-corrected chi connectivity index (χ4v) is 3.50. The van der Waals surface area contributed by atoms with Gasteiger partial charge in [-0.15, -0.1) is 0 Å². The number of nitrogens with one attached hydrogen (secondary N) is 1. The lowest BCUT2D eigenvalue weighted by atomic mass is 10.1. The number of aryl methyl sites for hydroxylation is 2. The Balaban J connectivity index is 1.80. The van der Waals surface area contributed by atoms with Gasteiger partial charge in [-0.1, -0.05) is 25.1 Å². The average Bonchev–Trinajstić information content (AvgIpc) is 2.83. The lowest BCUT2D eigenvalue weighted by Crippen LogP contribution is -2.35. The van der Waals surface area contributed by atoms with Crippen LogP contribution in [0.2, 0.25) is 0 Å². The molecule has 124 valence electrons. The zero-order chi connectivity index (χ0) is 17.3. The van der Waals surface area contributed by atoms with Gasteiger partial charge in [0.2, 0.25) is 5.91 Å². The third-order valence-corrected chi connectivity index (χ3v) is 4.83. The zero-order valence-corrected chi connectivity index (χ0v) is 15.3. The van der Waals surface area contributed by atoms with Gasteiger partial charge in [0, 0.05) is 10.2 Å². The van der Waals surface area contributed by atoms with E-state index in [9.17, 15) is 9.59 Å². The van der Waals surface area contributed by atoms with Gasteiger partial charge >= 0.3 is 0 Å². The molecule has 2 aromatic carbocycles. The van der Waals surface area contributed by atoms with Crippen LogP contribution in [-0.4, -0.2) is 17.9 Å². The lowest BCUT2D eigenvalue weighted by Gasteiger charge is -2.18. The van der Waals surface area contributed by atoms with Crippen molar-refractivity contribution >= 4 is 39.1 Å². The van der Waals surface area contributed by atoms with E-state index in [1.165, 1.54) is 10.5 Å². The fraction of sp³-hybridized carbons (Fsp3) is 0.263. The first-order valence-corrected chi connectivity index (χ1v) is 8.77. The van der Waals surface area contributed by atoms with Crippen LogP contribution in [0.15, 0.2) is 46.9 Å². The Hall–Kier alpha value is -2.14. The second-order valence-electron chi connectivity index (χ2n) is 5.97. The molecule has 2 amide bonds. The molecule has 24 heavy (non-hydrogen) atoms. The van der Waals surface area contributed by atoms with Crippen LogP contribution in [-0.2, 0) is 16.0 Å². The van der Waals surface area contributed by atoms with E-state index >= 15 is 0 Å². The fourth-order valence-electron chi connectivity index (χ4n) is 2.83. The normalized spacial score (nSPS) is 17.5. The highest BCUT2D eigenvalue weighted by atomic mass is 79.9. The predicted octanol–water partition coefficient (Wildman–Crippen LogP) is 4.06. The molecule has 0 aromatic heterocycles. The van der Waals surface area contributed by atoms with E-state index in [0.717, 1.165) is 22.1 Å². The molecule has 1 fully saturated rings. The largest absolute Gasteiger partial charge is 0.373 e. The number of imide groups is 1. The Kier molecular flexibility index (Phi) is 4.71. The van der Waals surface area contributed by atoms with E-state index in [2.05, 4.69) is 28.2 Å². The van der Waals surface area contributed by atoms with Gasteiger partial charge in [0.25, 0.3) is 5.91 Å². The van der Waals surface area contributed by atoms with Gasteiger partial charge in [-0.25, -0.2) is 4.90 Å². The Morgan fingerprint density at radius 1 is 1.17 bits per heavy atom. The Bertz CT molecular complexity index is 786. The number of rotatable bonds is 4. The summed E-state index contributed by atoms with van der Waals surface area (Å²) < 4.78 is 0.747. The molecular formula is C19H19BrN2O2. The van der Waals surface area contributed by atoms with Crippen LogP contribution in [0.5, 0.6) is 0 Å². The number of hydrogen-bond acceptors (Lipinski definition) is 3.